The molecular weight excluding hydrogens is 248 g/mol. The van der Waals surface area contributed by atoms with Gasteiger partial charge in [-0.2, -0.15) is 0 Å². The molecule has 98 valence electrons. The number of pyridine rings is 1. The second-order valence-corrected chi connectivity index (χ2v) is 5.29. The van der Waals surface area contributed by atoms with Crippen molar-refractivity contribution in [1.29, 1.82) is 0 Å². The lowest BCUT2D eigenvalue weighted by molar-refractivity contribution is -0.133. The summed E-state index contributed by atoms with van der Waals surface area (Å²) < 4.78 is 0. The van der Waals surface area contributed by atoms with Crippen molar-refractivity contribution in [1.82, 2.24) is 9.88 Å². The number of carbonyl (C=O) groups excluding carboxylic acids is 1. The fraction of sp³-hybridized carbons (Fsp3) is 0.571. The first-order valence-corrected chi connectivity index (χ1v) is 6.93. The first-order valence-electron chi connectivity index (χ1n) is 6.55. The fourth-order valence-electron chi connectivity index (χ4n) is 2.13. The zero-order valence-corrected chi connectivity index (χ0v) is 11.7. The number of carbonyl (C=O) groups is 1. The van der Waals surface area contributed by atoms with E-state index >= 15 is 0 Å². The lowest BCUT2D eigenvalue weighted by atomic mass is 10.0. The Labute approximate surface area is 113 Å². The maximum absolute atomic E-state index is 12.5. The summed E-state index contributed by atoms with van der Waals surface area (Å²) >= 11 is 5.76. The van der Waals surface area contributed by atoms with Gasteiger partial charge in [-0.3, -0.25) is 4.79 Å². The Morgan fingerprint density at radius 3 is 2.78 bits per heavy atom. The highest BCUT2D eigenvalue weighted by atomic mass is 35.5. The Hall–Kier alpha value is -1.09. The van der Waals surface area contributed by atoms with Crippen molar-refractivity contribution in [3.05, 3.63) is 29.0 Å². The number of hydrogen-bond donors (Lipinski definition) is 0. The molecule has 0 radical (unpaired) electrons. The van der Waals surface area contributed by atoms with E-state index in [0.29, 0.717) is 11.2 Å². The molecule has 0 saturated heterocycles. The normalized spacial score (nSPS) is 16.4. The first-order chi connectivity index (χ1) is 8.63. The van der Waals surface area contributed by atoms with Gasteiger partial charge in [0.05, 0.1) is 5.92 Å². The van der Waals surface area contributed by atoms with Gasteiger partial charge in [-0.05, 0) is 37.8 Å². The molecule has 1 amide bonds. The molecule has 1 aliphatic carbocycles. The molecule has 0 bridgehead atoms. The number of rotatable bonds is 5. The summed E-state index contributed by atoms with van der Waals surface area (Å²) in [5.74, 6) is 0.0744. The van der Waals surface area contributed by atoms with Crippen molar-refractivity contribution in [2.45, 2.75) is 45.1 Å². The minimum absolute atomic E-state index is 0.137. The average molecular weight is 267 g/mol. The summed E-state index contributed by atoms with van der Waals surface area (Å²) in [5.41, 5.74) is 0.936. The van der Waals surface area contributed by atoms with Crippen LogP contribution >= 0.6 is 11.6 Å². The molecule has 18 heavy (non-hydrogen) atoms. The first kappa shape index (κ1) is 13.3. The third-order valence-electron chi connectivity index (χ3n) is 3.36. The largest absolute Gasteiger partial charge is 0.339 e. The molecule has 0 aromatic carbocycles. The Kier molecular flexibility index (Phi) is 4.23. The SMILES string of the molecule is CCCN(C(=O)C(C)c1ccc(Cl)nc1)C1CC1. The molecule has 1 unspecified atom stereocenters. The Bertz CT molecular complexity index is 414. The number of halogens is 1. The van der Waals surface area contributed by atoms with E-state index in [0.717, 1.165) is 31.4 Å². The van der Waals surface area contributed by atoms with Crippen molar-refractivity contribution in [3.63, 3.8) is 0 Å². The molecule has 1 saturated carbocycles. The van der Waals surface area contributed by atoms with Gasteiger partial charge in [0.25, 0.3) is 0 Å². The average Bonchev–Trinajstić information content (AvgIpc) is 3.19. The zero-order valence-electron chi connectivity index (χ0n) is 10.9. The predicted octanol–water partition coefficient (Wildman–Crippen LogP) is 3.24. The second kappa shape index (κ2) is 5.70. The lowest BCUT2D eigenvalue weighted by Crippen LogP contribution is -2.36. The molecule has 3 nitrogen and oxygen atoms in total. The van der Waals surface area contributed by atoms with E-state index < -0.39 is 0 Å². The third-order valence-corrected chi connectivity index (χ3v) is 3.58. The molecular formula is C14H19ClN2O. The molecule has 1 aromatic rings. The van der Waals surface area contributed by atoms with E-state index in [-0.39, 0.29) is 11.8 Å². The minimum atomic E-state index is -0.137. The minimum Gasteiger partial charge on any atom is -0.339 e. The van der Waals surface area contributed by atoms with Crippen LogP contribution in [-0.4, -0.2) is 28.4 Å². The van der Waals surface area contributed by atoms with Gasteiger partial charge in [0.2, 0.25) is 5.91 Å². The quantitative estimate of drug-likeness (QED) is 0.767. The summed E-state index contributed by atoms with van der Waals surface area (Å²) in [6, 6.07) is 4.09. The molecule has 2 rings (SSSR count). The van der Waals surface area contributed by atoms with Crippen molar-refractivity contribution in [3.8, 4) is 0 Å². The fourth-order valence-corrected chi connectivity index (χ4v) is 2.25. The van der Waals surface area contributed by atoms with Crippen LogP contribution in [0.25, 0.3) is 0 Å². The van der Waals surface area contributed by atoms with Crippen LogP contribution in [0.5, 0.6) is 0 Å². The van der Waals surface area contributed by atoms with Gasteiger partial charge in [-0.15, -0.1) is 0 Å². The summed E-state index contributed by atoms with van der Waals surface area (Å²) in [6.07, 6.45) is 5.00. The highest BCUT2D eigenvalue weighted by molar-refractivity contribution is 6.29. The van der Waals surface area contributed by atoms with Crippen LogP contribution in [0.3, 0.4) is 0 Å². The van der Waals surface area contributed by atoms with Crippen molar-refractivity contribution in [2.75, 3.05) is 6.54 Å². The smallest absolute Gasteiger partial charge is 0.230 e. The van der Waals surface area contributed by atoms with Gasteiger partial charge in [-0.25, -0.2) is 4.98 Å². The zero-order chi connectivity index (χ0) is 13.1. The second-order valence-electron chi connectivity index (χ2n) is 4.90. The Morgan fingerprint density at radius 1 is 1.56 bits per heavy atom. The van der Waals surface area contributed by atoms with Gasteiger partial charge in [0, 0.05) is 18.8 Å². The van der Waals surface area contributed by atoms with Crippen LogP contribution in [0.2, 0.25) is 5.15 Å². The highest BCUT2D eigenvalue weighted by Gasteiger charge is 2.34. The van der Waals surface area contributed by atoms with Gasteiger partial charge in [-0.1, -0.05) is 24.6 Å². The molecule has 1 atom stereocenters. The lowest BCUT2D eigenvalue weighted by Gasteiger charge is -2.25. The summed E-state index contributed by atoms with van der Waals surface area (Å²) in [6.45, 7) is 4.91. The van der Waals surface area contributed by atoms with Crippen molar-refractivity contribution < 1.29 is 4.79 Å². The molecule has 1 aromatic heterocycles. The summed E-state index contributed by atoms with van der Waals surface area (Å²) in [4.78, 5) is 18.5. The van der Waals surface area contributed by atoms with Crippen LogP contribution in [0.4, 0.5) is 0 Å². The van der Waals surface area contributed by atoms with Crippen molar-refractivity contribution in [2.24, 2.45) is 0 Å². The number of hydrogen-bond acceptors (Lipinski definition) is 2. The monoisotopic (exact) mass is 266 g/mol. The van der Waals surface area contributed by atoms with E-state index in [1.165, 1.54) is 0 Å². The number of amides is 1. The number of aromatic nitrogens is 1. The van der Waals surface area contributed by atoms with Gasteiger partial charge < -0.3 is 4.90 Å². The van der Waals surface area contributed by atoms with E-state index in [2.05, 4.69) is 11.9 Å². The molecule has 0 aliphatic heterocycles. The topological polar surface area (TPSA) is 33.2 Å². The maximum Gasteiger partial charge on any atom is 0.230 e. The van der Waals surface area contributed by atoms with E-state index in [1.54, 1.807) is 12.3 Å². The van der Waals surface area contributed by atoms with Gasteiger partial charge in [0.1, 0.15) is 5.15 Å². The summed E-state index contributed by atoms with van der Waals surface area (Å²) in [5, 5.41) is 0.464. The van der Waals surface area contributed by atoms with Crippen LogP contribution < -0.4 is 0 Å². The van der Waals surface area contributed by atoms with Gasteiger partial charge in [0.15, 0.2) is 0 Å². The van der Waals surface area contributed by atoms with E-state index in [9.17, 15) is 4.79 Å². The molecule has 1 fully saturated rings. The number of nitrogens with zero attached hydrogens (tertiary/aromatic N) is 2. The summed E-state index contributed by atoms with van der Waals surface area (Å²) in [7, 11) is 0. The predicted molar refractivity (Wildman–Crippen MR) is 72.7 cm³/mol. The van der Waals surface area contributed by atoms with Crippen LogP contribution in [0.15, 0.2) is 18.3 Å². The van der Waals surface area contributed by atoms with Crippen molar-refractivity contribution >= 4 is 17.5 Å². The van der Waals surface area contributed by atoms with Crippen LogP contribution in [0.1, 0.15) is 44.6 Å². The van der Waals surface area contributed by atoms with E-state index in [4.69, 9.17) is 11.6 Å². The Morgan fingerprint density at radius 2 is 2.28 bits per heavy atom. The molecule has 1 heterocycles. The standard InChI is InChI=1S/C14H19ClN2O/c1-3-8-17(12-5-6-12)14(18)10(2)11-4-7-13(15)16-9-11/h4,7,9-10,12H,3,5-6,8H2,1-2H3. The Balaban J connectivity index is 2.08. The van der Waals surface area contributed by atoms with Gasteiger partial charge >= 0.3 is 0 Å². The van der Waals surface area contributed by atoms with E-state index in [1.807, 2.05) is 17.9 Å². The maximum atomic E-state index is 12.5. The van der Waals surface area contributed by atoms with Crippen LogP contribution in [-0.2, 0) is 4.79 Å². The van der Waals surface area contributed by atoms with Crippen LogP contribution in [0, 0.1) is 0 Å². The molecule has 1 aliphatic rings. The third kappa shape index (κ3) is 3.02. The molecule has 0 N–H and O–H groups in total. The molecule has 4 heteroatoms. The highest BCUT2D eigenvalue weighted by Crippen LogP contribution is 2.30. The molecule has 0 spiro atoms.